The molecule has 3 saturated heterocycles. The standard InChI is InChI=1S/2C13H19N3O.C12H17N3O.2C10H13N3O.C10H15N3O/c1-10(2)15-7-8-16(13(17)9-15)12-5-3-11(14)4-6-12;1-10(2)15-6-7-16(13(17)9-15)12-5-3-4-11(14)8-12;1-14-6-8-15(9-7-14)12(16)10-2-4-11(13)5-3-10;1-13(2)6-10-12-8-5-7(11)3-4-9(8)14-10;1-13(2)6-10-12-8-4-3-7(11)5-9(8)14-10;1-13(2)7-10(14)12-9-5-3-8(11)4-6-9/h3-6,10H,7-9,14H2,1-2H3;3-5,8,10H,6-7,9,14H2,1-2H3;2-5H,6-9,13H2,1H3;2*3-5H,6,11H2,1-2H3;3-6H,7,11H2,1-2H3,(H,12,14). The fourth-order valence-electron chi connectivity index (χ4n) is 9.69. The molecule has 0 unspecified atom stereocenters. The maximum atomic E-state index is 12.1. The van der Waals surface area contributed by atoms with Gasteiger partial charge < -0.3 is 82.9 Å². The molecule has 0 spiro atoms. The molecule has 11 rings (SSSR count). The van der Waals surface area contributed by atoms with Gasteiger partial charge in [-0.1, -0.05) is 6.07 Å². The lowest BCUT2D eigenvalue weighted by Crippen LogP contribution is -2.52. The summed E-state index contributed by atoms with van der Waals surface area (Å²) < 4.78 is 11.1. The number of hydrogen-bond acceptors (Lipinski definition) is 20. The van der Waals surface area contributed by atoms with Crippen molar-refractivity contribution in [2.24, 2.45) is 0 Å². The summed E-state index contributed by atoms with van der Waals surface area (Å²) in [5.41, 5.74) is 44.5. The van der Waals surface area contributed by atoms with Crippen molar-refractivity contribution >= 4 is 97.0 Å². The number of amides is 4. The summed E-state index contributed by atoms with van der Waals surface area (Å²) >= 11 is 0. The summed E-state index contributed by atoms with van der Waals surface area (Å²) in [5.74, 6) is 1.82. The SMILES string of the molecule is CC(C)N1CCN(c2ccc(N)cc2)C(=O)C1.CC(C)N1CCN(c2cccc(N)c2)C(=O)C1.CN(C)CC(=O)Nc1ccc(N)cc1.CN(C)Cc1nc2cc(N)ccc2o1.CN(C)Cc1nc2ccc(N)cc2o1.CN1CCN(C(=O)c2ccc(N)cc2)CC1. The maximum absolute atomic E-state index is 12.1. The topological polar surface area (TPSA) is 318 Å². The highest BCUT2D eigenvalue weighted by Gasteiger charge is 2.28. The van der Waals surface area contributed by atoms with Crippen molar-refractivity contribution in [3.63, 3.8) is 0 Å². The Morgan fingerprint density at radius 1 is 0.500 bits per heavy atom. The van der Waals surface area contributed by atoms with E-state index in [0.717, 1.165) is 115 Å². The first kappa shape index (κ1) is 71.8. The molecule has 24 nitrogen and oxygen atoms in total. The lowest BCUT2D eigenvalue weighted by molar-refractivity contribution is -0.122. The van der Waals surface area contributed by atoms with Gasteiger partial charge in [-0.15, -0.1) is 0 Å². The van der Waals surface area contributed by atoms with E-state index >= 15 is 0 Å². The number of fused-ring (bicyclic) bond motifs is 2. The Morgan fingerprint density at radius 2 is 0.967 bits per heavy atom. The molecular formula is C68H96N18O6. The Kier molecular flexibility index (Phi) is 27.1. The minimum Gasteiger partial charge on any atom is -0.439 e. The van der Waals surface area contributed by atoms with Gasteiger partial charge in [0, 0.05) is 127 Å². The molecule has 3 aliphatic heterocycles. The predicted molar refractivity (Wildman–Crippen MR) is 374 cm³/mol. The second kappa shape index (κ2) is 34.8. The first-order chi connectivity index (χ1) is 43.7. The molecule has 3 aliphatic rings. The molecule has 0 saturated carbocycles. The molecule has 13 N–H and O–H groups in total. The van der Waals surface area contributed by atoms with Crippen LogP contribution < -0.4 is 49.5 Å². The molecule has 24 heteroatoms. The second-order valence-corrected chi connectivity index (χ2v) is 24.2. The summed E-state index contributed by atoms with van der Waals surface area (Å²) in [6.45, 7) is 18.1. The van der Waals surface area contributed by atoms with Crippen LogP contribution in [0.25, 0.3) is 22.2 Å². The van der Waals surface area contributed by atoms with Crippen LogP contribution in [0.4, 0.5) is 51.2 Å². The number of likely N-dealkylation sites (N-methyl/N-ethyl adjacent to an activating group) is 2. The zero-order valence-electron chi connectivity index (χ0n) is 55.4. The van der Waals surface area contributed by atoms with E-state index in [1.165, 1.54) is 0 Å². The van der Waals surface area contributed by atoms with Crippen LogP contribution in [0.2, 0.25) is 0 Å². The van der Waals surface area contributed by atoms with E-state index in [4.69, 9.17) is 43.2 Å². The number of nitrogens with zero attached hydrogens (tertiary/aromatic N) is 11. The number of nitrogen functional groups attached to an aromatic ring is 6. The third-order valence-corrected chi connectivity index (χ3v) is 14.8. The summed E-state index contributed by atoms with van der Waals surface area (Å²) in [4.78, 5) is 74.1. The molecule has 0 atom stereocenters. The van der Waals surface area contributed by atoms with Gasteiger partial charge in [0.05, 0.1) is 32.7 Å². The van der Waals surface area contributed by atoms with Gasteiger partial charge in [0.15, 0.2) is 11.2 Å². The van der Waals surface area contributed by atoms with Crippen molar-refractivity contribution in [3.8, 4) is 0 Å². The number of carbonyl (C=O) groups excluding carboxylic acids is 4. The van der Waals surface area contributed by atoms with Crippen molar-refractivity contribution in [1.82, 2.24) is 44.3 Å². The fourth-order valence-corrected chi connectivity index (χ4v) is 9.69. The molecule has 5 heterocycles. The number of aromatic nitrogens is 2. The van der Waals surface area contributed by atoms with E-state index in [1.807, 2.05) is 151 Å². The summed E-state index contributed by atoms with van der Waals surface area (Å²) in [6.07, 6.45) is 0. The largest absolute Gasteiger partial charge is 0.439 e. The van der Waals surface area contributed by atoms with Gasteiger partial charge in [0.2, 0.25) is 29.5 Å². The Labute approximate surface area is 541 Å². The van der Waals surface area contributed by atoms with Gasteiger partial charge in [-0.05, 0) is 198 Å². The number of piperazine rings is 3. The Hall–Kier alpha value is -9.30. The van der Waals surface area contributed by atoms with E-state index in [1.54, 1.807) is 54.6 Å². The average molecular weight is 1260 g/mol. The van der Waals surface area contributed by atoms with E-state index in [9.17, 15) is 19.2 Å². The number of hydrogen-bond donors (Lipinski definition) is 7. The smallest absolute Gasteiger partial charge is 0.253 e. The van der Waals surface area contributed by atoms with Crippen LogP contribution in [0.15, 0.2) is 142 Å². The summed E-state index contributed by atoms with van der Waals surface area (Å²) in [5, 5.41) is 2.76. The molecule has 0 radical (unpaired) electrons. The van der Waals surface area contributed by atoms with Gasteiger partial charge in [-0.25, -0.2) is 9.97 Å². The van der Waals surface area contributed by atoms with E-state index < -0.39 is 0 Å². The Bertz CT molecular complexity index is 3520. The Balaban J connectivity index is 0.000000176. The zero-order chi connectivity index (χ0) is 67.2. The van der Waals surface area contributed by atoms with Crippen molar-refractivity contribution in [1.29, 1.82) is 0 Å². The van der Waals surface area contributed by atoms with Crippen molar-refractivity contribution in [2.45, 2.75) is 52.9 Å². The quantitative estimate of drug-likeness (QED) is 0.0604. The van der Waals surface area contributed by atoms with Crippen LogP contribution in [0, 0.1) is 0 Å². The molecular weight excluding hydrogens is 1160 g/mol. The first-order valence-electron chi connectivity index (χ1n) is 30.7. The zero-order valence-corrected chi connectivity index (χ0v) is 55.4. The molecule has 6 aromatic carbocycles. The van der Waals surface area contributed by atoms with Gasteiger partial charge >= 0.3 is 0 Å². The summed E-state index contributed by atoms with van der Waals surface area (Å²) in [7, 11) is 13.7. The van der Waals surface area contributed by atoms with Crippen LogP contribution in [0.1, 0.15) is 49.8 Å². The molecule has 92 heavy (non-hydrogen) atoms. The van der Waals surface area contributed by atoms with Crippen molar-refractivity contribution in [2.75, 3.05) is 171 Å². The number of anilines is 9. The number of rotatable bonds is 12. The van der Waals surface area contributed by atoms with Crippen LogP contribution in [0.3, 0.4) is 0 Å². The van der Waals surface area contributed by atoms with Crippen LogP contribution in [0.5, 0.6) is 0 Å². The number of nitrogens with one attached hydrogen (secondary N) is 1. The molecule has 3 fully saturated rings. The molecule has 2 aromatic heterocycles. The second-order valence-electron chi connectivity index (χ2n) is 24.2. The average Bonchev–Trinajstić information content (AvgIpc) is 1.36. The molecule has 0 bridgehead atoms. The molecule has 4 amide bonds. The first-order valence-corrected chi connectivity index (χ1v) is 30.7. The number of carbonyl (C=O) groups is 4. The predicted octanol–water partition coefficient (Wildman–Crippen LogP) is 7.02. The summed E-state index contributed by atoms with van der Waals surface area (Å²) in [6, 6.07) is 40.9. The monoisotopic (exact) mass is 1260 g/mol. The highest BCUT2D eigenvalue weighted by atomic mass is 16.4. The number of benzene rings is 6. The minimum absolute atomic E-state index is 0.0280. The van der Waals surface area contributed by atoms with Gasteiger partial charge in [-0.3, -0.25) is 29.0 Å². The van der Waals surface area contributed by atoms with E-state index in [-0.39, 0.29) is 23.6 Å². The third kappa shape index (κ3) is 23.2. The minimum atomic E-state index is -0.0280. The van der Waals surface area contributed by atoms with Crippen LogP contribution in [-0.4, -0.2) is 201 Å². The van der Waals surface area contributed by atoms with Crippen LogP contribution in [-0.2, 0) is 27.5 Å². The van der Waals surface area contributed by atoms with Crippen LogP contribution >= 0.6 is 0 Å². The lowest BCUT2D eigenvalue weighted by atomic mass is 10.1. The maximum Gasteiger partial charge on any atom is 0.253 e. The molecule has 494 valence electrons. The molecule has 0 aliphatic carbocycles. The fraction of sp³-hybridized carbons (Fsp3) is 0.382. The normalized spacial score (nSPS) is 14.6. The highest BCUT2D eigenvalue weighted by Crippen LogP contribution is 2.24. The lowest BCUT2D eigenvalue weighted by Gasteiger charge is -2.36. The van der Waals surface area contributed by atoms with E-state index in [2.05, 4.69) is 64.7 Å². The number of oxazole rings is 2. The van der Waals surface area contributed by atoms with Gasteiger partial charge in [0.25, 0.3) is 5.91 Å². The number of nitrogens with two attached hydrogens (primary N) is 6. The van der Waals surface area contributed by atoms with Gasteiger partial charge in [-0.2, -0.15) is 0 Å². The van der Waals surface area contributed by atoms with Gasteiger partial charge in [0.1, 0.15) is 11.0 Å². The Morgan fingerprint density at radius 3 is 1.48 bits per heavy atom. The third-order valence-electron chi connectivity index (χ3n) is 14.8. The van der Waals surface area contributed by atoms with E-state index in [0.29, 0.717) is 73.2 Å². The highest BCUT2D eigenvalue weighted by molar-refractivity contribution is 5.97. The molecule has 8 aromatic rings. The van der Waals surface area contributed by atoms with Crippen molar-refractivity contribution < 1.29 is 28.0 Å². The van der Waals surface area contributed by atoms with Crippen molar-refractivity contribution in [3.05, 3.63) is 151 Å².